The number of nitrogens with one attached hydrogen (secondary N) is 1. The SMILES string of the molecule is Cc1cc(S(=O)(=O)Nc2ccccn2)cc(N)c1C. The number of anilines is 2. The number of aryl methyl sites for hydroxylation is 1. The summed E-state index contributed by atoms with van der Waals surface area (Å²) in [6.07, 6.45) is 1.52. The van der Waals surface area contributed by atoms with Gasteiger partial charge in [0.1, 0.15) is 5.82 Å². The van der Waals surface area contributed by atoms with Gasteiger partial charge in [0, 0.05) is 11.9 Å². The molecule has 0 aliphatic carbocycles. The second kappa shape index (κ2) is 4.89. The number of nitrogens with two attached hydrogens (primary N) is 1. The summed E-state index contributed by atoms with van der Waals surface area (Å²) in [6.45, 7) is 3.68. The molecule has 1 aromatic heterocycles. The molecule has 6 heteroatoms. The van der Waals surface area contributed by atoms with Crippen LogP contribution < -0.4 is 10.5 Å². The maximum absolute atomic E-state index is 12.2. The smallest absolute Gasteiger partial charge is 0.263 e. The molecular formula is C13H15N3O2S. The maximum atomic E-state index is 12.2. The van der Waals surface area contributed by atoms with Crippen molar-refractivity contribution in [3.8, 4) is 0 Å². The Kier molecular flexibility index (Phi) is 3.44. The van der Waals surface area contributed by atoms with Crippen molar-refractivity contribution >= 4 is 21.5 Å². The number of hydrogen-bond acceptors (Lipinski definition) is 4. The Morgan fingerprint density at radius 1 is 1.21 bits per heavy atom. The number of hydrogen-bond donors (Lipinski definition) is 2. The fourth-order valence-corrected chi connectivity index (χ4v) is 2.76. The fourth-order valence-electron chi connectivity index (χ4n) is 1.63. The normalized spacial score (nSPS) is 11.3. The molecule has 0 radical (unpaired) electrons. The molecule has 0 fully saturated rings. The Morgan fingerprint density at radius 3 is 2.53 bits per heavy atom. The molecule has 1 heterocycles. The predicted octanol–water partition coefficient (Wildman–Crippen LogP) is 2.08. The molecule has 3 N–H and O–H groups in total. The van der Waals surface area contributed by atoms with Crippen LogP contribution >= 0.6 is 0 Å². The fraction of sp³-hybridized carbons (Fsp3) is 0.154. The second-order valence-electron chi connectivity index (χ2n) is 4.27. The Balaban J connectivity index is 2.40. The molecule has 0 saturated heterocycles. The van der Waals surface area contributed by atoms with Gasteiger partial charge in [0.2, 0.25) is 0 Å². The van der Waals surface area contributed by atoms with Crippen LogP contribution in [0.3, 0.4) is 0 Å². The lowest BCUT2D eigenvalue weighted by Crippen LogP contribution is -2.14. The van der Waals surface area contributed by atoms with E-state index in [0.29, 0.717) is 5.69 Å². The van der Waals surface area contributed by atoms with Crippen LogP contribution in [0.25, 0.3) is 0 Å². The Bertz CT molecular complexity index is 674. The largest absolute Gasteiger partial charge is 0.398 e. The molecule has 0 aliphatic rings. The first kappa shape index (κ1) is 13.4. The minimum Gasteiger partial charge on any atom is -0.398 e. The van der Waals surface area contributed by atoms with Gasteiger partial charge in [-0.1, -0.05) is 6.07 Å². The van der Waals surface area contributed by atoms with Gasteiger partial charge in [-0.05, 0) is 49.2 Å². The Morgan fingerprint density at radius 2 is 1.95 bits per heavy atom. The molecule has 0 spiro atoms. The third kappa shape index (κ3) is 2.85. The predicted molar refractivity (Wildman–Crippen MR) is 75.4 cm³/mol. The number of pyridine rings is 1. The number of benzene rings is 1. The summed E-state index contributed by atoms with van der Waals surface area (Å²) in [4.78, 5) is 4.07. The first-order valence-corrected chi connectivity index (χ1v) is 7.19. The highest BCUT2D eigenvalue weighted by atomic mass is 32.2. The number of aromatic nitrogens is 1. The van der Waals surface area contributed by atoms with Gasteiger partial charge in [-0.25, -0.2) is 13.4 Å². The summed E-state index contributed by atoms with van der Waals surface area (Å²) in [5, 5.41) is 0. The van der Waals surface area contributed by atoms with Crippen LogP contribution in [0.4, 0.5) is 11.5 Å². The third-order valence-corrected chi connectivity index (χ3v) is 4.23. The van der Waals surface area contributed by atoms with E-state index in [2.05, 4.69) is 9.71 Å². The molecule has 0 saturated carbocycles. The zero-order valence-electron chi connectivity index (χ0n) is 10.7. The van der Waals surface area contributed by atoms with Crippen LogP contribution in [0.2, 0.25) is 0 Å². The van der Waals surface area contributed by atoms with E-state index in [1.807, 2.05) is 13.8 Å². The summed E-state index contributed by atoms with van der Waals surface area (Å²) >= 11 is 0. The summed E-state index contributed by atoms with van der Waals surface area (Å²) in [5.41, 5.74) is 7.98. The van der Waals surface area contributed by atoms with E-state index < -0.39 is 10.0 Å². The van der Waals surface area contributed by atoms with Crippen LogP contribution in [0, 0.1) is 13.8 Å². The molecule has 1 aromatic carbocycles. The van der Waals surface area contributed by atoms with Crippen LogP contribution in [-0.2, 0) is 10.0 Å². The van der Waals surface area contributed by atoms with Crippen molar-refractivity contribution in [2.45, 2.75) is 18.7 Å². The van der Waals surface area contributed by atoms with E-state index in [-0.39, 0.29) is 10.7 Å². The zero-order chi connectivity index (χ0) is 14.0. The minimum absolute atomic E-state index is 0.138. The van der Waals surface area contributed by atoms with Crippen molar-refractivity contribution in [1.29, 1.82) is 0 Å². The summed E-state index contributed by atoms with van der Waals surface area (Å²) < 4.78 is 26.8. The first-order valence-electron chi connectivity index (χ1n) is 5.71. The minimum atomic E-state index is -3.67. The molecule has 100 valence electrons. The van der Waals surface area contributed by atoms with Crippen molar-refractivity contribution in [1.82, 2.24) is 4.98 Å². The Labute approximate surface area is 112 Å². The van der Waals surface area contributed by atoms with Gasteiger partial charge < -0.3 is 5.73 Å². The van der Waals surface area contributed by atoms with Crippen LogP contribution in [0.1, 0.15) is 11.1 Å². The molecule has 0 amide bonds. The topological polar surface area (TPSA) is 85.1 Å². The monoisotopic (exact) mass is 277 g/mol. The van der Waals surface area contributed by atoms with Crippen molar-refractivity contribution in [3.05, 3.63) is 47.7 Å². The number of nitrogens with zero attached hydrogens (tertiary/aromatic N) is 1. The summed E-state index contributed by atoms with van der Waals surface area (Å²) in [7, 11) is -3.67. The summed E-state index contributed by atoms with van der Waals surface area (Å²) in [6, 6.07) is 8.05. The van der Waals surface area contributed by atoms with Gasteiger partial charge in [-0.3, -0.25) is 4.72 Å². The first-order chi connectivity index (χ1) is 8.90. The van der Waals surface area contributed by atoms with E-state index in [4.69, 9.17) is 5.73 Å². The van der Waals surface area contributed by atoms with Gasteiger partial charge in [-0.15, -0.1) is 0 Å². The maximum Gasteiger partial charge on any atom is 0.263 e. The van der Waals surface area contributed by atoms with E-state index in [1.54, 1.807) is 24.3 Å². The molecule has 0 atom stereocenters. The average molecular weight is 277 g/mol. The van der Waals surface area contributed by atoms with E-state index in [0.717, 1.165) is 11.1 Å². The molecule has 0 unspecified atom stereocenters. The molecule has 0 aliphatic heterocycles. The highest BCUT2D eigenvalue weighted by Gasteiger charge is 2.16. The highest BCUT2D eigenvalue weighted by molar-refractivity contribution is 7.92. The molecule has 5 nitrogen and oxygen atoms in total. The van der Waals surface area contributed by atoms with Gasteiger partial charge in [0.05, 0.1) is 4.90 Å². The van der Waals surface area contributed by atoms with Gasteiger partial charge >= 0.3 is 0 Å². The number of rotatable bonds is 3. The van der Waals surface area contributed by atoms with Crippen molar-refractivity contribution in [2.24, 2.45) is 0 Å². The van der Waals surface area contributed by atoms with Crippen LogP contribution in [-0.4, -0.2) is 13.4 Å². The molecule has 2 rings (SSSR count). The van der Waals surface area contributed by atoms with Crippen LogP contribution in [0.5, 0.6) is 0 Å². The standard InChI is InChI=1S/C13H15N3O2S/c1-9-7-11(8-12(14)10(9)2)19(17,18)16-13-5-3-4-6-15-13/h3-8H,14H2,1-2H3,(H,15,16). The van der Waals surface area contributed by atoms with Crippen molar-refractivity contribution in [2.75, 3.05) is 10.5 Å². The van der Waals surface area contributed by atoms with Gasteiger partial charge in [0.25, 0.3) is 10.0 Å². The zero-order valence-corrected chi connectivity index (χ0v) is 11.5. The summed E-state index contributed by atoms with van der Waals surface area (Å²) in [5.74, 6) is 0.277. The van der Waals surface area contributed by atoms with E-state index in [1.165, 1.54) is 12.3 Å². The quantitative estimate of drug-likeness (QED) is 0.841. The number of sulfonamides is 1. The molecule has 2 aromatic rings. The van der Waals surface area contributed by atoms with Crippen molar-refractivity contribution < 1.29 is 8.42 Å². The second-order valence-corrected chi connectivity index (χ2v) is 5.96. The van der Waals surface area contributed by atoms with Gasteiger partial charge in [0.15, 0.2) is 0 Å². The average Bonchev–Trinajstić information content (AvgIpc) is 2.36. The third-order valence-electron chi connectivity index (χ3n) is 2.90. The van der Waals surface area contributed by atoms with E-state index >= 15 is 0 Å². The van der Waals surface area contributed by atoms with Gasteiger partial charge in [-0.2, -0.15) is 0 Å². The Hall–Kier alpha value is -2.08. The number of nitrogen functional groups attached to an aromatic ring is 1. The molecule has 0 bridgehead atoms. The lowest BCUT2D eigenvalue weighted by Gasteiger charge is -2.11. The lowest BCUT2D eigenvalue weighted by molar-refractivity contribution is 0.601. The lowest BCUT2D eigenvalue weighted by atomic mass is 10.1. The van der Waals surface area contributed by atoms with Crippen LogP contribution in [0.15, 0.2) is 41.4 Å². The van der Waals surface area contributed by atoms with E-state index in [9.17, 15) is 8.42 Å². The molecule has 19 heavy (non-hydrogen) atoms. The molecular weight excluding hydrogens is 262 g/mol. The highest BCUT2D eigenvalue weighted by Crippen LogP contribution is 2.22. The van der Waals surface area contributed by atoms with Crippen molar-refractivity contribution in [3.63, 3.8) is 0 Å².